The van der Waals surface area contributed by atoms with Crippen LogP contribution in [0.3, 0.4) is 0 Å². The zero-order chi connectivity index (χ0) is 88.4. The average Bonchev–Trinajstić information content (AvgIpc) is 0.769. The second-order valence-corrected chi connectivity index (χ2v) is 32.3. The summed E-state index contributed by atoms with van der Waals surface area (Å²) < 4.78 is 54.3. The van der Waals surface area contributed by atoms with E-state index in [1.165, 1.54) is 0 Å². The molecule has 0 saturated carbocycles. The fraction of sp³-hybridized carbons (Fsp3) is 0.429. The van der Waals surface area contributed by atoms with Crippen LogP contribution in [-0.2, 0) is 25.7 Å². The number of benzene rings is 8. The Morgan fingerprint density at radius 1 is 0.256 bits per heavy atom. The molecule has 0 spiro atoms. The van der Waals surface area contributed by atoms with Crippen LogP contribution < -0.4 is 80.4 Å². The van der Waals surface area contributed by atoms with Crippen molar-refractivity contribution in [3.05, 3.63) is 240 Å². The molecule has 0 radical (unpaired) electrons. The van der Waals surface area contributed by atoms with Gasteiger partial charge in [-0.2, -0.15) is 0 Å². The average molecular weight is 1700 g/mol. The largest absolute Gasteiger partial charge is 0.494 e. The lowest BCUT2D eigenvalue weighted by atomic mass is 9.90. The second-order valence-electron chi connectivity index (χ2n) is 32.3. The van der Waals surface area contributed by atoms with Crippen molar-refractivity contribution in [2.75, 3.05) is 95.4 Å². The number of carbonyl (C=O) groups excluding carboxylic acids is 4. The monoisotopic (exact) mass is 1700 g/mol. The van der Waals surface area contributed by atoms with E-state index >= 15 is 4.79 Å². The molecule has 0 atom stereocenters. The Morgan fingerprint density at radius 3 is 0.784 bits per heavy atom. The molecule has 8 amide bonds. The first-order valence-electron chi connectivity index (χ1n) is 46.0. The molecule has 8 aromatic rings. The van der Waals surface area contributed by atoms with Crippen LogP contribution in [0, 0.1) is 6.92 Å². The number of anilines is 8. The van der Waals surface area contributed by atoms with Gasteiger partial charge in [-0.15, -0.1) is 26.3 Å². The van der Waals surface area contributed by atoms with E-state index < -0.39 is 24.1 Å². The molecule has 1 aliphatic carbocycles. The van der Waals surface area contributed by atoms with E-state index in [0.717, 1.165) is 185 Å². The number of urea groups is 4. The topological polar surface area (TPSA) is 238 Å². The first-order chi connectivity index (χ1) is 61.2. The molecule has 0 aliphatic heterocycles. The molecule has 125 heavy (non-hydrogen) atoms. The fourth-order valence-electron chi connectivity index (χ4n) is 15.0. The quantitative estimate of drug-likeness (QED) is 0.0131. The Kier molecular flexibility index (Phi) is 43.0. The Bertz CT molecular complexity index is 4480. The highest BCUT2D eigenvalue weighted by atomic mass is 16.5. The Hall–Kier alpha value is -11.8. The summed E-state index contributed by atoms with van der Waals surface area (Å²) in [6, 6.07) is 41.6. The van der Waals surface area contributed by atoms with Crippen molar-refractivity contribution in [3.8, 4) is 46.0 Å². The summed E-state index contributed by atoms with van der Waals surface area (Å²) >= 11 is 0. The zero-order valence-electron chi connectivity index (χ0n) is 75.1. The van der Waals surface area contributed by atoms with Crippen LogP contribution in [0.2, 0.25) is 0 Å². The van der Waals surface area contributed by atoms with Crippen molar-refractivity contribution in [2.24, 2.45) is 0 Å². The molecule has 0 unspecified atom stereocenters. The van der Waals surface area contributed by atoms with Crippen molar-refractivity contribution in [3.63, 3.8) is 0 Å². The van der Waals surface area contributed by atoms with Gasteiger partial charge in [-0.1, -0.05) is 159 Å². The molecule has 8 aromatic carbocycles. The molecule has 20 nitrogen and oxygen atoms in total. The van der Waals surface area contributed by atoms with Gasteiger partial charge in [0.15, 0.2) is 0 Å². The van der Waals surface area contributed by atoms with Gasteiger partial charge in [0.25, 0.3) is 0 Å². The van der Waals surface area contributed by atoms with Gasteiger partial charge in [0.1, 0.15) is 46.0 Å². The lowest BCUT2D eigenvalue weighted by Gasteiger charge is -2.25. The van der Waals surface area contributed by atoms with Crippen LogP contribution in [0.5, 0.6) is 46.0 Å². The molecule has 9 rings (SSSR count). The van der Waals surface area contributed by atoms with Gasteiger partial charge in [-0.25, -0.2) is 19.2 Å². The Morgan fingerprint density at radius 2 is 0.488 bits per heavy atom. The molecule has 8 bridgehead atoms. The third-order valence-corrected chi connectivity index (χ3v) is 21.4. The van der Waals surface area contributed by atoms with E-state index in [0.29, 0.717) is 189 Å². The Balaban J connectivity index is 1.27. The van der Waals surface area contributed by atoms with E-state index in [2.05, 4.69) is 96.5 Å². The van der Waals surface area contributed by atoms with E-state index in [9.17, 15) is 14.4 Å². The summed E-state index contributed by atoms with van der Waals surface area (Å²) in [4.78, 5) is 59.7. The predicted octanol–water partition coefficient (Wildman–Crippen LogP) is 28.0. The van der Waals surface area contributed by atoms with E-state index in [1.54, 1.807) is 0 Å². The molecular weight excluding hydrogens is 1570 g/mol. The first kappa shape index (κ1) is 97.0. The van der Waals surface area contributed by atoms with Gasteiger partial charge < -0.3 is 80.4 Å². The Labute approximate surface area is 744 Å². The van der Waals surface area contributed by atoms with Crippen LogP contribution in [-0.4, -0.2) is 77.0 Å². The summed E-state index contributed by atoms with van der Waals surface area (Å²) in [7, 11) is 0. The minimum absolute atomic E-state index is 0.149. The number of nitrogens with one attached hydrogen (secondary N) is 8. The predicted molar refractivity (Wildman–Crippen MR) is 515 cm³/mol. The lowest BCUT2D eigenvalue weighted by molar-refractivity contribution is 0.261. The third kappa shape index (κ3) is 34.7. The van der Waals surface area contributed by atoms with Crippen molar-refractivity contribution in [1.29, 1.82) is 0 Å². The molecule has 8 N–H and O–H groups in total. The molecule has 0 heterocycles. The molecule has 1 aliphatic rings. The highest BCUT2D eigenvalue weighted by molar-refractivity contribution is 6.03. The van der Waals surface area contributed by atoms with Gasteiger partial charge in [-0.3, -0.25) is 0 Å². The number of amides is 8. The highest BCUT2D eigenvalue weighted by Gasteiger charge is 2.27. The molecule has 20 heteroatoms. The molecule has 0 aromatic heterocycles. The number of aryl methyl sites for hydroxylation is 1. The first-order valence-corrected chi connectivity index (χ1v) is 46.0. The van der Waals surface area contributed by atoms with Crippen LogP contribution in [0.1, 0.15) is 258 Å². The number of carbonyl (C=O) groups is 4. The summed E-state index contributed by atoms with van der Waals surface area (Å²) in [6.45, 7) is 29.6. The maximum Gasteiger partial charge on any atom is 0.323 e. The van der Waals surface area contributed by atoms with Gasteiger partial charge in [0.05, 0.1) is 52.9 Å². The second kappa shape index (κ2) is 55.4. The number of ether oxygens (including phenoxy) is 8. The molecule has 0 fully saturated rings. The van der Waals surface area contributed by atoms with Gasteiger partial charge in [0, 0.05) is 146 Å². The van der Waals surface area contributed by atoms with Crippen LogP contribution in [0.15, 0.2) is 190 Å². The van der Waals surface area contributed by atoms with Crippen LogP contribution in [0.4, 0.5) is 64.7 Å². The normalized spacial score (nSPS) is 11.4. The molecule has 0 saturated heterocycles. The molecule has 670 valence electrons. The van der Waals surface area contributed by atoms with Crippen molar-refractivity contribution < 1.29 is 57.1 Å². The van der Waals surface area contributed by atoms with Gasteiger partial charge in [0.2, 0.25) is 0 Å². The van der Waals surface area contributed by atoms with Crippen molar-refractivity contribution in [2.45, 2.75) is 240 Å². The minimum atomic E-state index is -0.524. The van der Waals surface area contributed by atoms with Crippen LogP contribution >= 0.6 is 0 Å². The minimum Gasteiger partial charge on any atom is -0.494 e. The van der Waals surface area contributed by atoms with E-state index in [-0.39, 0.29) is 25.7 Å². The maximum atomic E-state index is 15.3. The van der Waals surface area contributed by atoms with E-state index in [4.69, 9.17) is 37.9 Å². The number of hydrogen-bond donors (Lipinski definition) is 8. The zero-order valence-corrected chi connectivity index (χ0v) is 75.1. The van der Waals surface area contributed by atoms with Gasteiger partial charge in [-0.05, 0) is 195 Å². The van der Waals surface area contributed by atoms with Gasteiger partial charge >= 0.3 is 24.1 Å². The summed E-state index contributed by atoms with van der Waals surface area (Å²) in [5, 5.41) is 25.5. The van der Waals surface area contributed by atoms with Crippen molar-refractivity contribution in [1.82, 2.24) is 0 Å². The number of allylic oxidation sites excluding steroid dienone is 4. The molecular formula is C105H138N8O12. The summed E-state index contributed by atoms with van der Waals surface area (Å²) in [6.07, 6.45) is 34.1. The fourth-order valence-corrected chi connectivity index (χ4v) is 15.0. The SMILES string of the molecule is C=CCCCCCCOc1cc(NC(=O)Nc2cc3c(OCCCCC)c(c2)Cc2cc(NC(=O)Nc4cccc(OCCCCC=C)c4)cc(c2OCCCCC)Cc2cc(NC(=O)Nc4ccc(C)cc4)cc(c2OCCCCC)Cc2cc(NC(=O)Nc4cccc(OCCCCC=C)c4)cc(c2OCCCCC)C3)cc(OCCCCCCC=C)c1. The lowest BCUT2D eigenvalue weighted by Crippen LogP contribution is -2.21. The number of hydrogen-bond acceptors (Lipinski definition) is 12. The number of rotatable bonds is 56. The summed E-state index contributed by atoms with van der Waals surface area (Å²) in [5.74, 6) is 4.73. The summed E-state index contributed by atoms with van der Waals surface area (Å²) in [5.41, 5.74) is 10.7. The standard InChI is InChI=1S/C105H138N8O12/c1-10-18-26-30-32-40-54-120-96-74-93(75-97(76-96)121-55-41-33-31-27-19-11-2)113-105(117)112-92-70-84-62-82-68-90(110-103(115)107-87-44-42-46-94(72-87)118-52-38-28-20-12-3)66-80(99(82)123-57-35-23-15-6)60-78-64-89(109-102(114)106-86-50-48-77(9)49-51-86)65-79(98(78)122-56-34-22-14-5)61-81-67-91(111-104(116)108-88-45-43-47-95(73-88)119-53-39-29-21-13-4)69-83(100(81)124-58-36-24-16-7)63-85(71-92)101(84)125-59-37-25-17-8/h10-13,42-51,64-76H,1-4,14-41,52-63H2,5-9H3,(H2,106,109,114)(H2,107,110,115)(H2,108,111,116)(H2,112,113,117). The number of fused-ring (bicyclic) bond motifs is 8. The van der Waals surface area contributed by atoms with E-state index in [1.807, 2.05) is 171 Å². The number of unbranched alkanes of at least 4 members (excludes halogenated alkanes) is 20. The smallest absolute Gasteiger partial charge is 0.323 e. The highest BCUT2D eigenvalue weighted by Crippen LogP contribution is 2.44. The third-order valence-electron chi connectivity index (χ3n) is 21.4. The van der Waals surface area contributed by atoms with Crippen molar-refractivity contribution >= 4 is 69.6 Å². The maximum absolute atomic E-state index is 15.3. The van der Waals surface area contributed by atoms with Crippen LogP contribution in [0.25, 0.3) is 0 Å².